The van der Waals surface area contributed by atoms with E-state index >= 15 is 0 Å². The van der Waals surface area contributed by atoms with Gasteiger partial charge in [-0.2, -0.15) is 0 Å². The van der Waals surface area contributed by atoms with Gasteiger partial charge in [-0.25, -0.2) is 4.39 Å². The first-order valence-corrected chi connectivity index (χ1v) is 7.23. The predicted octanol–water partition coefficient (Wildman–Crippen LogP) is 4.19. The molecule has 1 heterocycles. The van der Waals surface area contributed by atoms with Crippen LogP contribution in [0.15, 0.2) is 18.2 Å². The molecule has 19 heavy (non-hydrogen) atoms. The molecule has 2 N–H and O–H groups in total. The fourth-order valence-corrected chi connectivity index (χ4v) is 2.95. The molecular weight excluding hydrogens is 241 g/mol. The zero-order valence-electron chi connectivity index (χ0n) is 12.1. The number of halogens is 1. The Morgan fingerprint density at radius 2 is 2.21 bits per heavy atom. The largest absolute Gasteiger partial charge is 0.487 e. The summed E-state index contributed by atoms with van der Waals surface area (Å²) in [5.41, 5.74) is 6.84. The third-order valence-corrected chi connectivity index (χ3v) is 4.35. The minimum atomic E-state index is -0.247. The number of rotatable bonds is 4. The van der Waals surface area contributed by atoms with Crippen molar-refractivity contribution in [3.63, 3.8) is 0 Å². The van der Waals surface area contributed by atoms with Gasteiger partial charge in [-0.3, -0.25) is 0 Å². The smallest absolute Gasteiger partial charge is 0.125 e. The third-order valence-electron chi connectivity index (χ3n) is 4.35. The Balaban J connectivity index is 2.29. The molecule has 0 saturated heterocycles. The molecule has 0 saturated carbocycles. The monoisotopic (exact) mass is 265 g/mol. The van der Waals surface area contributed by atoms with Gasteiger partial charge in [0.25, 0.3) is 0 Å². The lowest BCUT2D eigenvalue weighted by Gasteiger charge is -2.42. The van der Waals surface area contributed by atoms with Gasteiger partial charge in [-0.1, -0.05) is 27.2 Å². The fraction of sp³-hybridized carbons (Fsp3) is 0.625. The van der Waals surface area contributed by atoms with Gasteiger partial charge in [0, 0.05) is 18.0 Å². The molecule has 0 amide bonds. The molecule has 0 aliphatic carbocycles. The van der Waals surface area contributed by atoms with E-state index in [-0.39, 0.29) is 17.5 Å². The zero-order chi connectivity index (χ0) is 14.0. The maximum atomic E-state index is 13.3. The average Bonchev–Trinajstić information content (AvgIpc) is 2.39. The van der Waals surface area contributed by atoms with Crippen LogP contribution in [0.5, 0.6) is 5.75 Å². The molecule has 0 aromatic heterocycles. The number of hydrogen-bond acceptors (Lipinski definition) is 2. The molecule has 1 aliphatic heterocycles. The van der Waals surface area contributed by atoms with E-state index in [9.17, 15) is 4.39 Å². The fourth-order valence-electron chi connectivity index (χ4n) is 2.95. The van der Waals surface area contributed by atoms with Crippen LogP contribution >= 0.6 is 0 Å². The quantitative estimate of drug-likeness (QED) is 0.885. The predicted molar refractivity (Wildman–Crippen MR) is 75.7 cm³/mol. The molecule has 1 aliphatic rings. The van der Waals surface area contributed by atoms with Crippen LogP contribution in [0.1, 0.15) is 58.1 Å². The Morgan fingerprint density at radius 3 is 2.84 bits per heavy atom. The van der Waals surface area contributed by atoms with Gasteiger partial charge >= 0.3 is 0 Å². The number of benzene rings is 1. The number of nitrogens with two attached hydrogens (primary N) is 1. The molecule has 0 spiro atoms. The van der Waals surface area contributed by atoms with Gasteiger partial charge in [0.1, 0.15) is 17.2 Å². The first kappa shape index (κ1) is 14.3. The summed E-state index contributed by atoms with van der Waals surface area (Å²) in [5.74, 6) is 1.11. The Morgan fingerprint density at radius 1 is 1.47 bits per heavy atom. The second-order valence-corrected chi connectivity index (χ2v) is 5.85. The summed E-state index contributed by atoms with van der Waals surface area (Å²) in [6, 6.07) is 4.53. The molecule has 3 atom stereocenters. The van der Waals surface area contributed by atoms with Gasteiger partial charge in [-0.15, -0.1) is 0 Å². The minimum Gasteiger partial charge on any atom is -0.487 e. The van der Waals surface area contributed by atoms with Gasteiger partial charge in [0.2, 0.25) is 0 Å². The van der Waals surface area contributed by atoms with Gasteiger partial charge in [0.05, 0.1) is 0 Å². The number of hydrogen-bond donors (Lipinski definition) is 1. The van der Waals surface area contributed by atoms with Crippen molar-refractivity contribution in [1.82, 2.24) is 0 Å². The van der Waals surface area contributed by atoms with Crippen LogP contribution in [0.3, 0.4) is 0 Å². The average molecular weight is 265 g/mol. The molecule has 0 bridgehead atoms. The molecule has 106 valence electrons. The van der Waals surface area contributed by atoms with Crippen LogP contribution in [0.25, 0.3) is 0 Å². The summed E-state index contributed by atoms with van der Waals surface area (Å²) in [4.78, 5) is 0. The van der Waals surface area contributed by atoms with E-state index in [1.807, 2.05) is 0 Å². The topological polar surface area (TPSA) is 35.2 Å². The second-order valence-electron chi connectivity index (χ2n) is 5.85. The van der Waals surface area contributed by atoms with E-state index in [4.69, 9.17) is 10.5 Å². The molecule has 2 unspecified atom stereocenters. The molecular formula is C16H24FNO. The van der Waals surface area contributed by atoms with E-state index < -0.39 is 0 Å². The van der Waals surface area contributed by atoms with Gasteiger partial charge in [-0.05, 0) is 37.0 Å². The lowest BCUT2D eigenvalue weighted by Crippen LogP contribution is -2.43. The van der Waals surface area contributed by atoms with Gasteiger partial charge < -0.3 is 10.5 Å². The summed E-state index contributed by atoms with van der Waals surface area (Å²) < 4.78 is 19.5. The maximum absolute atomic E-state index is 13.3. The summed E-state index contributed by atoms with van der Waals surface area (Å²) in [6.07, 6.45) is 3.84. The van der Waals surface area contributed by atoms with Crippen molar-refractivity contribution in [1.29, 1.82) is 0 Å². The Kier molecular flexibility index (Phi) is 4.14. The molecule has 1 aromatic rings. The van der Waals surface area contributed by atoms with Crippen molar-refractivity contribution in [3.05, 3.63) is 29.6 Å². The first-order chi connectivity index (χ1) is 8.99. The van der Waals surface area contributed by atoms with Crippen molar-refractivity contribution < 1.29 is 9.13 Å². The summed E-state index contributed by atoms with van der Waals surface area (Å²) in [7, 11) is 0. The normalized spacial score (nSPS) is 27.5. The van der Waals surface area contributed by atoms with Crippen LogP contribution in [0.2, 0.25) is 0 Å². The highest BCUT2D eigenvalue weighted by atomic mass is 19.1. The minimum absolute atomic E-state index is 0.136. The van der Waals surface area contributed by atoms with E-state index in [1.165, 1.54) is 12.1 Å². The number of fused-ring (bicyclic) bond motifs is 1. The lowest BCUT2D eigenvalue weighted by atomic mass is 9.79. The molecule has 1 aromatic carbocycles. The van der Waals surface area contributed by atoms with Crippen LogP contribution in [0, 0.1) is 11.7 Å². The zero-order valence-corrected chi connectivity index (χ0v) is 12.1. The Hall–Kier alpha value is -1.09. The maximum Gasteiger partial charge on any atom is 0.125 e. The summed E-state index contributed by atoms with van der Waals surface area (Å²) in [5, 5.41) is 0. The van der Waals surface area contributed by atoms with E-state index in [1.54, 1.807) is 6.07 Å². The standard InChI is InChI=1S/C16H24FNO/c1-4-11(3)9-16(5-2)10-14(18)13-8-12(17)6-7-15(13)19-16/h6-8,11,14H,4-5,9-10,18H2,1-3H3/t11?,14-,16?/m0/s1. The molecule has 2 nitrogen and oxygen atoms in total. The highest BCUT2D eigenvalue weighted by molar-refractivity contribution is 5.39. The van der Waals surface area contributed by atoms with Crippen molar-refractivity contribution >= 4 is 0 Å². The van der Waals surface area contributed by atoms with Crippen LogP contribution in [-0.2, 0) is 0 Å². The van der Waals surface area contributed by atoms with E-state index in [0.717, 1.165) is 37.0 Å². The second kappa shape index (κ2) is 5.49. The molecule has 0 fully saturated rings. The molecule has 0 radical (unpaired) electrons. The Bertz CT molecular complexity index is 448. The van der Waals surface area contributed by atoms with Crippen LogP contribution in [0.4, 0.5) is 4.39 Å². The van der Waals surface area contributed by atoms with Crippen molar-refractivity contribution in [2.24, 2.45) is 11.7 Å². The van der Waals surface area contributed by atoms with Crippen molar-refractivity contribution in [2.45, 2.75) is 58.1 Å². The van der Waals surface area contributed by atoms with Crippen LogP contribution < -0.4 is 10.5 Å². The van der Waals surface area contributed by atoms with Crippen LogP contribution in [-0.4, -0.2) is 5.60 Å². The van der Waals surface area contributed by atoms with E-state index in [0.29, 0.717) is 5.92 Å². The highest BCUT2D eigenvalue weighted by Crippen LogP contribution is 2.43. The SMILES string of the molecule is CCC(C)CC1(CC)C[C@H](N)c2cc(F)ccc2O1. The van der Waals surface area contributed by atoms with Crippen molar-refractivity contribution in [3.8, 4) is 5.75 Å². The highest BCUT2D eigenvalue weighted by Gasteiger charge is 2.39. The van der Waals surface area contributed by atoms with Crippen molar-refractivity contribution in [2.75, 3.05) is 0 Å². The summed E-state index contributed by atoms with van der Waals surface area (Å²) >= 11 is 0. The summed E-state index contributed by atoms with van der Waals surface area (Å²) in [6.45, 7) is 6.58. The Labute approximate surface area is 115 Å². The third kappa shape index (κ3) is 2.92. The van der Waals surface area contributed by atoms with Gasteiger partial charge in [0.15, 0.2) is 0 Å². The molecule has 2 rings (SSSR count). The molecule has 3 heteroatoms. The number of ether oxygens (including phenoxy) is 1. The first-order valence-electron chi connectivity index (χ1n) is 7.23. The lowest BCUT2D eigenvalue weighted by molar-refractivity contribution is 0.0102. The van der Waals surface area contributed by atoms with E-state index in [2.05, 4.69) is 20.8 Å².